The van der Waals surface area contributed by atoms with E-state index in [4.69, 9.17) is 0 Å². The Balaban J connectivity index is 1.40. The Morgan fingerprint density at radius 1 is 1.07 bits per heavy atom. The second-order valence-electron chi connectivity index (χ2n) is 6.84. The van der Waals surface area contributed by atoms with Gasteiger partial charge in [0.2, 0.25) is 5.91 Å². The number of aromatic nitrogens is 3. The topological polar surface area (TPSA) is 83.4 Å². The number of carbonyl (C=O) groups is 1. The summed E-state index contributed by atoms with van der Waals surface area (Å²) in [5, 5.41) is 9.50. The number of hydrogen-bond donors (Lipinski definition) is 1. The third-order valence-electron chi connectivity index (χ3n) is 4.74. The minimum absolute atomic E-state index is 0.144. The monoisotopic (exact) mass is 410 g/mol. The first-order valence-electron chi connectivity index (χ1n) is 9.43. The fraction of sp³-hybridized carbons (Fsp3) is 0.300. The lowest BCUT2D eigenvalue weighted by atomic mass is 10.2. The maximum atomic E-state index is 12.3. The maximum Gasteiger partial charge on any atom is 0.267 e. The Morgan fingerprint density at radius 2 is 1.79 bits per heavy atom. The third-order valence-corrected chi connectivity index (χ3v) is 5.61. The van der Waals surface area contributed by atoms with Gasteiger partial charge in [-0.05, 0) is 25.1 Å². The number of anilines is 3. The van der Waals surface area contributed by atoms with E-state index < -0.39 is 0 Å². The van der Waals surface area contributed by atoms with E-state index in [1.165, 1.54) is 27.8 Å². The zero-order valence-corrected chi connectivity index (χ0v) is 16.9. The molecular formula is C20H22N6O2S. The number of thiazole rings is 1. The van der Waals surface area contributed by atoms with Gasteiger partial charge in [0.05, 0.1) is 5.69 Å². The van der Waals surface area contributed by atoms with Gasteiger partial charge >= 0.3 is 0 Å². The van der Waals surface area contributed by atoms with Gasteiger partial charge in [-0.15, -0.1) is 11.3 Å². The Hall–Kier alpha value is -3.20. The van der Waals surface area contributed by atoms with Crippen molar-refractivity contribution in [3.63, 3.8) is 0 Å². The number of piperazine rings is 1. The molecular weight excluding hydrogens is 388 g/mol. The van der Waals surface area contributed by atoms with Crippen LogP contribution in [0.4, 0.5) is 16.6 Å². The molecule has 0 atom stereocenters. The Labute approximate surface area is 172 Å². The molecule has 0 spiro atoms. The average molecular weight is 411 g/mol. The number of amides is 1. The fourth-order valence-corrected chi connectivity index (χ4v) is 3.96. The molecule has 1 amide bonds. The van der Waals surface area contributed by atoms with E-state index in [0.717, 1.165) is 31.9 Å². The van der Waals surface area contributed by atoms with Gasteiger partial charge < -0.3 is 15.1 Å². The van der Waals surface area contributed by atoms with Gasteiger partial charge in [0.1, 0.15) is 12.4 Å². The molecule has 1 fully saturated rings. The first kappa shape index (κ1) is 19.1. The SMILES string of the molecule is Cc1csc(NC(=O)Cn2nc(N3CCN(c4ccccc4)CC3)ccc2=O)n1. The Morgan fingerprint density at radius 3 is 2.48 bits per heavy atom. The minimum Gasteiger partial charge on any atom is -0.368 e. The van der Waals surface area contributed by atoms with Gasteiger partial charge in [0, 0.05) is 43.3 Å². The molecule has 3 heterocycles. The number of para-hydroxylation sites is 1. The summed E-state index contributed by atoms with van der Waals surface area (Å²) in [5.41, 5.74) is 1.75. The lowest BCUT2D eigenvalue weighted by Crippen LogP contribution is -2.47. The normalized spacial score (nSPS) is 14.1. The summed E-state index contributed by atoms with van der Waals surface area (Å²) in [4.78, 5) is 33.1. The second-order valence-corrected chi connectivity index (χ2v) is 7.70. The van der Waals surface area contributed by atoms with Crippen molar-refractivity contribution in [2.24, 2.45) is 0 Å². The molecule has 4 rings (SSSR count). The summed E-state index contributed by atoms with van der Waals surface area (Å²) < 4.78 is 1.20. The van der Waals surface area contributed by atoms with Crippen LogP contribution in [0.25, 0.3) is 0 Å². The molecule has 1 aromatic carbocycles. The summed E-state index contributed by atoms with van der Waals surface area (Å²) in [6.45, 7) is 5.05. The summed E-state index contributed by atoms with van der Waals surface area (Å²) in [6.07, 6.45) is 0. The highest BCUT2D eigenvalue weighted by molar-refractivity contribution is 7.13. The molecule has 3 aromatic rings. The number of rotatable bonds is 5. The standard InChI is InChI=1S/C20H22N6O2S/c1-15-14-29-20(21-15)22-18(27)13-26-19(28)8-7-17(23-26)25-11-9-24(10-12-25)16-5-3-2-4-6-16/h2-8,14H,9-13H2,1H3,(H,21,22,27). The first-order chi connectivity index (χ1) is 14.1. The van der Waals surface area contributed by atoms with Crippen LogP contribution < -0.4 is 20.7 Å². The van der Waals surface area contributed by atoms with E-state index in [0.29, 0.717) is 10.9 Å². The van der Waals surface area contributed by atoms with E-state index >= 15 is 0 Å². The molecule has 1 aliphatic heterocycles. The largest absolute Gasteiger partial charge is 0.368 e. The van der Waals surface area contributed by atoms with E-state index in [2.05, 4.69) is 37.3 Å². The van der Waals surface area contributed by atoms with Gasteiger partial charge in [-0.1, -0.05) is 18.2 Å². The van der Waals surface area contributed by atoms with Crippen LogP contribution in [-0.4, -0.2) is 46.9 Å². The van der Waals surface area contributed by atoms with Crippen molar-refractivity contribution in [3.05, 3.63) is 63.9 Å². The summed E-state index contributed by atoms with van der Waals surface area (Å²) in [5.74, 6) is 0.384. The predicted octanol–water partition coefficient (Wildman–Crippen LogP) is 1.97. The van der Waals surface area contributed by atoms with Crippen molar-refractivity contribution in [2.45, 2.75) is 13.5 Å². The molecule has 1 saturated heterocycles. The summed E-state index contributed by atoms with van der Waals surface area (Å²) >= 11 is 1.35. The highest BCUT2D eigenvalue weighted by Crippen LogP contribution is 2.18. The lowest BCUT2D eigenvalue weighted by molar-refractivity contribution is -0.117. The molecule has 0 aliphatic carbocycles. The van der Waals surface area contributed by atoms with Gasteiger partial charge in [0.25, 0.3) is 5.56 Å². The molecule has 9 heteroatoms. The second kappa shape index (κ2) is 8.44. The van der Waals surface area contributed by atoms with Crippen LogP contribution >= 0.6 is 11.3 Å². The maximum absolute atomic E-state index is 12.3. The number of nitrogens with zero attached hydrogens (tertiary/aromatic N) is 5. The summed E-state index contributed by atoms with van der Waals surface area (Å²) in [7, 11) is 0. The Bertz CT molecular complexity index is 1040. The zero-order chi connectivity index (χ0) is 20.2. The van der Waals surface area contributed by atoms with E-state index in [1.54, 1.807) is 6.07 Å². The number of nitrogens with one attached hydrogen (secondary N) is 1. The van der Waals surface area contributed by atoms with Crippen LogP contribution in [0.2, 0.25) is 0 Å². The average Bonchev–Trinajstić information content (AvgIpc) is 3.15. The van der Waals surface area contributed by atoms with Gasteiger partial charge in [0.15, 0.2) is 5.13 Å². The van der Waals surface area contributed by atoms with E-state index in [1.807, 2.05) is 30.5 Å². The molecule has 1 N–H and O–H groups in total. The molecule has 150 valence electrons. The van der Waals surface area contributed by atoms with Crippen molar-refractivity contribution >= 4 is 33.9 Å². The number of aryl methyl sites for hydroxylation is 1. The number of hydrogen-bond acceptors (Lipinski definition) is 7. The molecule has 0 unspecified atom stereocenters. The highest BCUT2D eigenvalue weighted by atomic mass is 32.1. The predicted molar refractivity (Wildman–Crippen MR) is 115 cm³/mol. The van der Waals surface area contributed by atoms with E-state index in [9.17, 15) is 9.59 Å². The first-order valence-corrected chi connectivity index (χ1v) is 10.3. The van der Waals surface area contributed by atoms with Crippen LogP contribution in [0.3, 0.4) is 0 Å². The molecule has 29 heavy (non-hydrogen) atoms. The van der Waals surface area contributed by atoms with Crippen molar-refractivity contribution < 1.29 is 4.79 Å². The summed E-state index contributed by atoms with van der Waals surface area (Å²) in [6, 6.07) is 13.5. The van der Waals surface area contributed by atoms with Crippen LogP contribution in [0.15, 0.2) is 52.6 Å². The van der Waals surface area contributed by atoms with Crippen molar-refractivity contribution in [2.75, 3.05) is 41.3 Å². The van der Waals surface area contributed by atoms with Gasteiger partial charge in [-0.25, -0.2) is 9.67 Å². The Kier molecular flexibility index (Phi) is 5.57. The molecule has 0 bridgehead atoms. The van der Waals surface area contributed by atoms with Crippen molar-refractivity contribution in [1.82, 2.24) is 14.8 Å². The van der Waals surface area contributed by atoms with Crippen LogP contribution in [-0.2, 0) is 11.3 Å². The third kappa shape index (κ3) is 4.62. The van der Waals surface area contributed by atoms with Crippen molar-refractivity contribution in [3.8, 4) is 0 Å². The van der Waals surface area contributed by atoms with Crippen LogP contribution in [0, 0.1) is 6.92 Å². The van der Waals surface area contributed by atoms with Gasteiger partial charge in [-0.3, -0.25) is 9.59 Å². The number of carbonyl (C=O) groups excluding carboxylic acids is 1. The fourth-order valence-electron chi connectivity index (χ4n) is 3.26. The molecule has 0 radical (unpaired) electrons. The quantitative estimate of drug-likeness (QED) is 0.693. The van der Waals surface area contributed by atoms with E-state index in [-0.39, 0.29) is 18.0 Å². The molecule has 1 aliphatic rings. The van der Waals surface area contributed by atoms with Crippen molar-refractivity contribution in [1.29, 1.82) is 0 Å². The minimum atomic E-state index is -0.319. The van der Waals surface area contributed by atoms with Crippen LogP contribution in [0.1, 0.15) is 5.69 Å². The smallest absolute Gasteiger partial charge is 0.267 e. The van der Waals surface area contributed by atoms with Gasteiger partial charge in [-0.2, -0.15) is 5.10 Å². The molecule has 2 aromatic heterocycles. The highest BCUT2D eigenvalue weighted by Gasteiger charge is 2.19. The zero-order valence-electron chi connectivity index (χ0n) is 16.1. The lowest BCUT2D eigenvalue weighted by Gasteiger charge is -2.36. The number of benzene rings is 1. The molecule has 0 saturated carbocycles. The molecule has 8 nitrogen and oxygen atoms in total. The van der Waals surface area contributed by atoms with Crippen LogP contribution in [0.5, 0.6) is 0 Å².